The van der Waals surface area contributed by atoms with E-state index in [2.05, 4.69) is 5.32 Å². The molecule has 88 valence electrons. The molecule has 0 atom stereocenters. The van der Waals surface area contributed by atoms with Crippen molar-refractivity contribution < 1.29 is 8.78 Å². The molecule has 0 saturated carbocycles. The molecule has 2 aromatic carbocycles. The van der Waals surface area contributed by atoms with Crippen molar-refractivity contribution in [1.82, 2.24) is 0 Å². The summed E-state index contributed by atoms with van der Waals surface area (Å²) in [6, 6.07) is 10.5. The predicted molar refractivity (Wildman–Crippen MR) is 65.1 cm³/mol. The van der Waals surface area contributed by atoms with Crippen molar-refractivity contribution in [1.29, 1.82) is 0 Å². The van der Waals surface area contributed by atoms with Crippen LogP contribution in [0, 0.1) is 11.6 Å². The first-order valence-electron chi connectivity index (χ1n) is 5.08. The van der Waals surface area contributed by atoms with Crippen molar-refractivity contribution in [2.24, 2.45) is 0 Å². The van der Waals surface area contributed by atoms with Gasteiger partial charge in [-0.15, -0.1) is 0 Å². The third-order valence-corrected chi connectivity index (χ3v) is 2.58. The molecule has 0 aliphatic rings. The summed E-state index contributed by atoms with van der Waals surface area (Å²) >= 11 is 5.74. The van der Waals surface area contributed by atoms with Crippen LogP contribution in [0.3, 0.4) is 0 Å². The van der Waals surface area contributed by atoms with Gasteiger partial charge in [-0.25, -0.2) is 8.78 Å². The maximum absolute atomic E-state index is 13.3. The summed E-state index contributed by atoms with van der Waals surface area (Å²) in [6.07, 6.45) is 0. The smallest absolute Gasteiger partial charge is 0.146 e. The minimum Gasteiger partial charge on any atom is -0.379 e. The predicted octanol–water partition coefficient (Wildman–Crippen LogP) is 4.23. The van der Waals surface area contributed by atoms with Crippen molar-refractivity contribution in [3.63, 3.8) is 0 Å². The van der Waals surface area contributed by atoms with Gasteiger partial charge in [-0.3, -0.25) is 0 Å². The molecule has 0 aliphatic carbocycles. The van der Waals surface area contributed by atoms with Gasteiger partial charge in [-0.05, 0) is 35.9 Å². The molecule has 0 amide bonds. The maximum Gasteiger partial charge on any atom is 0.146 e. The summed E-state index contributed by atoms with van der Waals surface area (Å²) < 4.78 is 26.2. The second-order valence-corrected chi connectivity index (χ2v) is 4.04. The van der Waals surface area contributed by atoms with Crippen LogP contribution in [0.5, 0.6) is 0 Å². The molecular weight excluding hydrogens is 244 g/mol. The second kappa shape index (κ2) is 5.15. The Bertz CT molecular complexity index is 511. The van der Waals surface area contributed by atoms with Gasteiger partial charge in [0.1, 0.15) is 11.6 Å². The molecule has 0 fully saturated rings. The van der Waals surface area contributed by atoms with Crippen LogP contribution in [0.25, 0.3) is 0 Å². The van der Waals surface area contributed by atoms with E-state index in [1.165, 1.54) is 0 Å². The second-order valence-electron chi connectivity index (χ2n) is 3.60. The van der Waals surface area contributed by atoms with Gasteiger partial charge in [-0.2, -0.15) is 0 Å². The zero-order valence-electron chi connectivity index (χ0n) is 8.88. The molecule has 0 bridgehead atoms. The SMILES string of the molecule is Fc1ccc(F)c(NCc2ccc(Cl)cc2)c1. The van der Waals surface area contributed by atoms with E-state index in [0.29, 0.717) is 11.6 Å². The Morgan fingerprint density at radius 2 is 1.71 bits per heavy atom. The van der Waals surface area contributed by atoms with E-state index >= 15 is 0 Å². The lowest BCUT2D eigenvalue weighted by molar-refractivity contribution is 0.602. The topological polar surface area (TPSA) is 12.0 Å². The minimum absolute atomic E-state index is 0.153. The van der Waals surface area contributed by atoms with Gasteiger partial charge >= 0.3 is 0 Å². The van der Waals surface area contributed by atoms with E-state index in [1.807, 2.05) is 12.1 Å². The van der Waals surface area contributed by atoms with Crippen LogP contribution in [0.2, 0.25) is 5.02 Å². The molecule has 0 heterocycles. The fourth-order valence-corrected chi connectivity index (χ4v) is 1.56. The van der Waals surface area contributed by atoms with Gasteiger partial charge in [-0.1, -0.05) is 23.7 Å². The molecule has 0 spiro atoms. The molecule has 4 heteroatoms. The van der Waals surface area contributed by atoms with Crippen LogP contribution >= 0.6 is 11.6 Å². The van der Waals surface area contributed by atoms with Crippen molar-refractivity contribution >= 4 is 17.3 Å². The molecular formula is C13H10ClF2N. The summed E-state index contributed by atoms with van der Waals surface area (Å²) in [6.45, 7) is 0.414. The number of halogens is 3. The summed E-state index contributed by atoms with van der Waals surface area (Å²) in [5.74, 6) is -0.939. The zero-order chi connectivity index (χ0) is 12.3. The van der Waals surface area contributed by atoms with Gasteiger partial charge in [0.05, 0.1) is 5.69 Å². The van der Waals surface area contributed by atoms with Crippen molar-refractivity contribution in [2.75, 3.05) is 5.32 Å². The Kier molecular flexibility index (Phi) is 3.59. The quantitative estimate of drug-likeness (QED) is 0.863. The maximum atomic E-state index is 13.3. The molecule has 2 aromatic rings. The van der Waals surface area contributed by atoms with E-state index in [1.54, 1.807) is 12.1 Å². The summed E-state index contributed by atoms with van der Waals surface area (Å²) in [5, 5.41) is 3.48. The van der Waals surface area contributed by atoms with E-state index in [9.17, 15) is 8.78 Å². The molecule has 1 nitrogen and oxygen atoms in total. The molecule has 0 unspecified atom stereocenters. The van der Waals surface area contributed by atoms with Crippen LogP contribution in [0.1, 0.15) is 5.56 Å². The molecule has 0 saturated heterocycles. The van der Waals surface area contributed by atoms with Crippen molar-refractivity contribution in [2.45, 2.75) is 6.54 Å². The largest absolute Gasteiger partial charge is 0.379 e. The van der Waals surface area contributed by atoms with Crippen LogP contribution in [-0.4, -0.2) is 0 Å². The summed E-state index contributed by atoms with van der Waals surface area (Å²) in [4.78, 5) is 0. The lowest BCUT2D eigenvalue weighted by Crippen LogP contribution is -2.01. The molecule has 0 aliphatic heterocycles. The van der Waals surface area contributed by atoms with Gasteiger partial charge in [0, 0.05) is 11.6 Å². The highest BCUT2D eigenvalue weighted by atomic mass is 35.5. The average Bonchev–Trinajstić information content (AvgIpc) is 2.32. The monoisotopic (exact) mass is 253 g/mol. The number of benzene rings is 2. The van der Waals surface area contributed by atoms with Crippen LogP contribution in [0.4, 0.5) is 14.5 Å². The van der Waals surface area contributed by atoms with E-state index in [4.69, 9.17) is 11.6 Å². The third kappa shape index (κ3) is 3.17. The first kappa shape index (κ1) is 11.9. The van der Waals surface area contributed by atoms with E-state index < -0.39 is 11.6 Å². The zero-order valence-corrected chi connectivity index (χ0v) is 9.64. The van der Waals surface area contributed by atoms with Gasteiger partial charge < -0.3 is 5.32 Å². The fourth-order valence-electron chi connectivity index (χ4n) is 1.43. The van der Waals surface area contributed by atoms with Gasteiger partial charge in [0.2, 0.25) is 0 Å². The van der Waals surface area contributed by atoms with Crippen LogP contribution < -0.4 is 5.32 Å². The molecule has 17 heavy (non-hydrogen) atoms. The highest BCUT2D eigenvalue weighted by Gasteiger charge is 2.03. The number of rotatable bonds is 3. The molecule has 0 aromatic heterocycles. The molecule has 2 rings (SSSR count). The fraction of sp³-hybridized carbons (Fsp3) is 0.0769. The Hall–Kier alpha value is -1.61. The Morgan fingerprint density at radius 1 is 1.00 bits per heavy atom. The third-order valence-electron chi connectivity index (χ3n) is 2.32. The highest BCUT2D eigenvalue weighted by Crippen LogP contribution is 2.17. The number of nitrogens with one attached hydrogen (secondary N) is 1. The normalized spacial score (nSPS) is 10.3. The molecule has 1 N–H and O–H groups in total. The lowest BCUT2D eigenvalue weighted by atomic mass is 10.2. The minimum atomic E-state index is -0.472. The Balaban J connectivity index is 2.07. The van der Waals surface area contributed by atoms with Gasteiger partial charge in [0.25, 0.3) is 0 Å². The average molecular weight is 254 g/mol. The van der Waals surface area contributed by atoms with E-state index in [-0.39, 0.29) is 5.69 Å². The number of hydrogen-bond acceptors (Lipinski definition) is 1. The van der Waals surface area contributed by atoms with Crippen molar-refractivity contribution in [3.8, 4) is 0 Å². The Labute approximate surface area is 103 Å². The van der Waals surface area contributed by atoms with Gasteiger partial charge in [0.15, 0.2) is 0 Å². The first-order valence-corrected chi connectivity index (χ1v) is 5.46. The van der Waals surface area contributed by atoms with E-state index in [0.717, 1.165) is 23.8 Å². The summed E-state index contributed by atoms with van der Waals surface area (Å²) in [7, 11) is 0. The van der Waals surface area contributed by atoms with Crippen LogP contribution in [-0.2, 0) is 6.54 Å². The number of anilines is 1. The molecule has 0 radical (unpaired) electrons. The van der Waals surface area contributed by atoms with Crippen molar-refractivity contribution in [3.05, 3.63) is 64.7 Å². The first-order chi connectivity index (χ1) is 8.15. The summed E-state index contributed by atoms with van der Waals surface area (Å²) in [5.41, 5.74) is 1.10. The van der Waals surface area contributed by atoms with Crippen LogP contribution in [0.15, 0.2) is 42.5 Å². The highest BCUT2D eigenvalue weighted by molar-refractivity contribution is 6.30. The Morgan fingerprint density at radius 3 is 2.41 bits per heavy atom. The lowest BCUT2D eigenvalue weighted by Gasteiger charge is -2.07. The number of hydrogen-bond donors (Lipinski definition) is 1. The standard InChI is InChI=1S/C13H10ClF2N/c14-10-3-1-9(2-4-10)8-17-13-7-11(15)5-6-12(13)16/h1-7,17H,8H2.